The first-order valence-electron chi connectivity index (χ1n) is 9.24. The van der Waals surface area contributed by atoms with E-state index in [1.54, 1.807) is 30.3 Å². The van der Waals surface area contributed by atoms with Crippen molar-refractivity contribution in [1.82, 2.24) is 0 Å². The summed E-state index contributed by atoms with van der Waals surface area (Å²) in [7, 11) is 0. The molecule has 1 N–H and O–H groups in total. The molecular weight excluding hydrogens is 413 g/mol. The van der Waals surface area contributed by atoms with Gasteiger partial charge in [0.15, 0.2) is 5.78 Å². The van der Waals surface area contributed by atoms with Crippen LogP contribution in [0.1, 0.15) is 47.5 Å². The molecule has 0 saturated heterocycles. The van der Waals surface area contributed by atoms with E-state index in [0.717, 1.165) is 0 Å². The third-order valence-corrected chi connectivity index (χ3v) is 5.93. The molecule has 1 aliphatic heterocycles. The van der Waals surface area contributed by atoms with E-state index in [0.29, 0.717) is 51.8 Å². The largest absolute Gasteiger partial charge is 0.478 e. The Morgan fingerprint density at radius 2 is 1.86 bits per heavy atom. The highest BCUT2D eigenvalue weighted by Gasteiger charge is 2.40. The van der Waals surface area contributed by atoms with E-state index in [-0.39, 0.29) is 23.7 Å². The number of allylic oxidation sites excluding steroid dienone is 2. The number of rotatable bonds is 3. The van der Waals surface area contributed by atoms with Crippen LogP contribution < -0.4 is 4.90 Å². The molecule has 2 aromatic carbocycles. The quantitative estimate of drug-likeness (QED) is 0.725. The molecule has 0 saturated carbocycles. The summed E-state index contributed by atoms with van der Waals surface area (Å²) in [5.41, 5.74) is 2.46. The van der Waals surface area contributed by atoms with Crippen molar-refractivity contribution < 1.29 is 19.5 Å². The first-order chi connectivity index (χ1) is 13.9. The third-order valence-electron chi connectivity index (χ3n) is 5.36. The number of amides is 1. The molecule has 0 bridgehead atoms. The lowest BCUT2D eigenvalue weighted by molar-refractivity contribution is -0.119. The fourth-order valence-electron chi connectivity index (χ4n) is 4.12. The number of Topliss-reactive ketones (excluding diaryl/α,β-unsaturated/α-hetero) is 1. The number of benzene rings is 2. The first-order valence-corrected chi connectivity index (χ1v) is 10.00. The van der Waals surface area contributed by atoms with Gasteiger partial charge >= 0.3 is 5.97 Å². The lowest BCUT2D eigenvalue weighted by atomic mass is 9.77. The average molecular weight is 430 g/mol. The Bertz CT molecular complexity index is 1080. The Morgan fingerprint density at radius 1 is 1.07 bits per heavy atom. The van der Waals surface area contributed by atoms with Gasteiger partial charge in [0.1, 0.15) is 0 Å². The summed E-state index contributed by atoms with van der Waals surface area (Å²) >= 11 is 12.4. The molecule has 0 radical (unpaired) electrons. The SMILES string of the molecule is O=C1CCCC2=C1C(c1ccc(Cl)cc1Cl)CC(=O)N2c1cccc(C(=O)O)c1. The summed E-state index contributed by atoms with van der Waals surface area (Å²) < 4.78 is 0. The molecule has 4 rings (SSSR count). The van der Waals surface area contributed by atoms with Crippen LogP contribution in [0.4, 0.5) is 5.69 Å². The normalized spacial score (nSPS) is 19.4. The Kier molecular flexibility index (Phi) is 5.19. The number of aromatic carboxylic acids is 1. The number of carbonyl (C=O) groups excluding carboxylic acids is 2. The van der Waals surface area contributed by atoms with Crippen LogP contribution in [-0.2, 0) is 9.59 Å². The maximum Gasteiger partial charge on any atom is 0.335 e. The van der Waals surface area contributed by atoms with Gasteiger partial charge in [-0.3, -0.25) is 14.5 Å². The second-order valence-corrected chi connectivity index (χ2v) is 7.99. The van der Waals surface area contributed by atoms with Crippen LogP contribution in [-0.4, -0.2) is 22.8 Å². The molecule has 2 aromatic rings. The zero-order valence-electron chi connectivity index (χ0n) is 15.3. The minimum Gasteiger partial charge on any atom is -0.478 e. The zero-order valence-corrected chi connectivity index (χ0v) is 16.8. The smallest absolute Gasteiger partial charge is 0.335 e. The van der Waals surface area contributed by atoms with Gasteiger partial charge in [-0.1, -0.05) is 35.3 Å². The molecule has 0 fully saturated rings. The average Bonchev–Trinajstić information content (AvgIpc) is 2.67. The van der Waals surface area contributed by atoms with E-state index in [1.807, 2.05) is 0 Å². The molecule has 29 heavy (non-hydrogen) atoms. The molecule has 148 valence electrons. The molecule has 1 aliphatic carbocycles. The number of anilines is 1. The minimum atomic E-state index is -1.07. The highest BCUT2D eigenvalue weighted by Crippen LogP contribution is 2.45. The van der Waals surface area contributed by atoms with Gasteiger partial charge in [-0.15, -0.1) is 0 Å². The number of carbonyl (C=O) groups is 3. The van der Waals surface area contributed by atoms with E-state index in [9.17, 15) is 19.5 Å². The molecule has 7 heteroatoms. The molecule has 5 nitrogen and oxygen atoms in total. The van der Waals surface area contributed by atoms with Crippen molar-refractivity contribution in [2.24, 2.45) is 0 Å². The maximum absolute atomic E-state index is 13.2. The fraction of sp³-hybridized carbons (Fsp3) is 0.227. The van der Waals surface area contributed by atoms with Crippen LogP contribution >= 0.6 is 23.2 Å². The fourth-order valence-corrected chi connectivity index (χ4v) is 4.66. The Morgan fingerprint density at radius 3 is 2.59 bits per heavy atom. The molecule has 1 heterocycles. The standard InChI is InChI=1S/C22H17Cl2NO4/c23-13-7-8-15(17(24)10-13)16-11-20(27)25(18-5-2-6-19(26)21(16)18)14-4-1-3-12(9-14)22(28)29/h1,3-4,7-10,16H,2,5-6,11H2,(H,28,29). The number of hydrogen-bond acceptors (Lipinski definition) is 3. The van der Waals surface area contributed by atoms with Crippen LogP contribution in [0.25, 0.3) is 0 Å². The monoisotopic (exact) mass is 429 g/mol. The van der Waals surface area contributed by atoms with E-state index >= 15 is 0 Å². The van der Waals surface area contributed by atoms with Crippen LogP contribution in [0.3, 0.4) is 0 Å². The molecule has 1 amide bonds. The summed E-state index contributed by atoms with van der Waals surface area (Å²) in [6, 6.07) is 11.3. The minimum absolute atomic E-state index is 0.00541. The Hall–Kier alpha value is -2.63. The van der Waals surface area contributed by atoms with E-state index in [1.165, 1.54) is 17.0 Å². The summed E-state index contributed by atoms with van der Waals surface area (Å²) in [5, 5.41) is 10.2. The summed E-state index contributed by atoms with van der Waals surface area (Å²) in [6.07, 6.45) is 1.69. The molecule has 2 aliphatic rings. The summed E-state index contributed by atoms with van der Waals surface area (Å²) in [4.78, 5) is 38.9. The van der Waals surface area contributed by atoms with Gasteiger partial charge in [0.25, 0.3) is 0 Å². The summed E-state index contributed by atoms with van der Waals surface area (Å²) in [5.74, 6) is -1.71. The van der Waals surface area contributed by atoms with Crippen LogP contribution in [0, 0.1) is 0 Å². The van der Waals surface area contributed by atoms with Gasteiger partial charge in [-0.05, 0) is 48.7 Å². The number of carboxylic acids is 1. The summed E-state index contributed by atoms with van der Waals surface area (Å²) in [6.45, 7) is 0. The van der Waals surface area contributed by atoms with Gasteiger partial charge < -0.3 is 5.11 Å². The number of halogens is 2. The maximum atomic E-state index is 13.2. The third kappa shape index (κ3) is 3.56. The molecule has 0 spiro atoms. The zero-order chi connectivity index (χ0) is 20.7. The predicted octanol–water partition coefficient (Wildman–Crippen LogP) is 5.22. The van der Waals surface area contributed by atoms with Crippen LogP contribution in [0.2, 0.25) is 10.0 Å². The van der Waals surface area contributed by atoms with Crippen molar-refractivity contribution in [3.8, 4) is 0 Å². The van der Waals surface area contributed by atoms with Crippen molar-refractivity contribution >= 4 is 46.5 Å². The highest BCUT2D eigenvalue weighted by atomic mass is 35.5. The van der Waals surface area contributed by atoms with Crippen LogP contribution in [0.15, 0.2) is 53.7 Å². The second-order valence-electron chi connectivity index (χ2n) is 7.14. The first kappa shape index (κ1) is 19.7. The van der Waals surface area contributed by atoms with Crippen molar-refractivity contribution in [3.05, 3.63) is 74.9 Å². The number of carboxylic acid groups (broad SMARTS) is 1. The lowest BCUT2D eigenvalue weighted by Crippen LogP contribution is -2.40. The predicted molar refractivity (Wildman–Crippen MR) is 111 cm³/mol. The van der Waals surface area contributed by atoms with E-state index in [4.69, 9.17) is 23.2 Å². The molecular formula is C22H17Cl2NO4. The van der Waals surface area contributed by atoms with E-state index < -0.39 is 11.9 Å². The molecule has 0 aromatic heterocycles. The highest BCUT2D eigenvalue weighted by molar-refractivity contribution is 6.35. The molecule has 1 atom stereocenters. The number of hydrogen-bond donors (Lipinski definition) is 1. The van der Waals surface area contributed by atoms with Crippen molar-refractivity contribution in [2.45, 2.75) is 31.6 Å². The van der Waals surface area contributed by atoms with Gasteiger partial charge in [-0.2, -0.15) is 0 Å². The van der Waals surface area contributed by atoms with Crippen LogP contribution in [0.5, 0.6) is 0 Å². The van der Waals surface area contributed by atoms with Gasteiger partial charge in [0.05, 0.1) is 5.56 Å². The Labute approximate surface area is 177 Å². The van der Waals surface area contributed by atoms with Crippen molar-refractivity contribution in [1.29, 1.82) is 0 Å². The van der Waals surface area contributed by atoms with Gasteiger partial charge in [-0.25, -0.2) is 4.79 Å². The number of ketones is 1. The van der Waals surface area contributed by atoms with Gasteiger partial charge in [0, 0.05) is 45.8 Å². The lowest BCUT2D eigenvalue weighted by Gasteiger charge is -2.38. The van der Waals surface area contributed by atoms with E-state index in [2.05, 4.69) is 0 Å². The topological polar surface area (TPSA) is 74.7 Å². The van der Waals surface area contributed by atoms with Crippen molar-refractivity contribution in [2.75, 3.05) is 4.90 Å². The number of nitrogens with zero attached hydrogens (tertiary/aromatic N) is 1. The Balaban J connectivity index is 1.87. The van der Waals surface area contributed by atoms with Gasteiger partial charge in [0.2, 0.25) is 5.91 Å². The molecule has 1 unspecified atom stereocenters. The van der Waals surface area contributed by atoms with Crippen molar-refractivity contribution in [3.63, 3.8) is 0 Å². The second kappa shape index (κ2) is 7.65.